The van der Waals surface area contributed by atoms with Crippen molar-refractivity contribution in [3.63, 3.8) is 0 Å². The van der Waals surface area contributed by atoms with Crippen molar-refractivity contribution in [1.29, 1.82) is 0 Å². The number of carbonyl (C=O) groups is 1. The van der Waals surface area contributed by atoms with Gasteiger partial charge in [0.15, 0.2) is 0 Å². The van der Waals surface area contributed by atoms with Gasteiger partial charge in [-0.3, -0.25) is 4.79 Å². The van der Waals surface area contributed by atoms with Crippen LogP contribution in [0.15, 0.2) is 48.5 Å². The first-order valence-electron chi connectivity index (χ1n) is 6.61. The summed E-state index contributed by atoms with van der Waals surface area (Å²) in [5.74, 6) is -0.556. The number of carbonyl (C=O) groups excluding carboxylic acids is 1. The molecule has 1 unspecified atom stereocenters. The van der Waals surface area contributed by atoms with Crippen LogP contribution in [0.2, 0.25) is 0 Å². The molecule has 0 radical (unpaired) electrons. The molecule has 1 heterocycles. The molecular weight excluding hydrogens is 298 g/mol. The second-order valence-electron chi connectivity index (χ2n) is 5.08. The van der Waals surface area contributed by atoms with E-state index in [-0.39, 0.29) is 18.4 Å². The Kier molecular flexibility index (Phi) is 3.39. The molecule has 0 aromatic heterocycles. The van der Waals surface area contributed by atoms with Crippen molar-refractivity contribution >= 4 is 11.6 Å². The van der Waals surface area contributed by atoms with E-state index in [0.717, 1.165) is 12.1 Å². The molecule has 1 saturated heterocycles. The predicted molar refractivity (Wildman–Crippen MR) is 72.7 cm³/mol. The summed E-state index contributed by atoms with van der Waals surface area (Å²) in [7, 11) is 0. The SMILES string of the molecule is O=C1CC(c2ccc(C(F)(F)F)cc2)N1c1ccc(F)cc1. The van der Waals surface area contributed by atoms with E-state index in [0.29, 0.717) is 11.3 Å². The molecule has 22 heavy (non-hydrogen) atoms. The second kappa shape index (κ2) is 5.12. The van der Waals surface area contributed by atoms with Crippen molar-refractivity contribution in [3.05, 3.63) is 65.5 Å². The van der Waals surface area contributed by atoms with Crippen molar-refractivity contribution in [2.75, 3.05) is 4.90 Å². The highest BCUT2D eigenvalue weighted by Crippen LogP contribution is 2.39. The van der Waals surface area contributed by atoms with E-state index in [1.807, 2.05) is 0 Å². The minimum Gasteiger partial charge on any atom is -0.304 e. The Bertz CT molecular complexity index is 692. The summed E-state index contributed by atoms with van der Waals surface area (Å²) in [6, 6.07) is 9.86. The topological polar surface area (TPSA) is 20.3 Å². The van der Waals surface area contributed by atoms with Crippen molar-refractivity contribution in [1.82, 2.24) is 0 Å². The highest BCUT2D eigenvalue weighted by Gasteiger charge is 2.38. The van der Waals surface area contributed by atoms with Gasteiger partial charge in [0.2, 0.25) is 5.91 Å². The van der Waals surface area contributed by atoms with Crippen LogP contribution in [0.1, 0.15) is 23.6 Å². The molecule has 6 heteroatoms. The highest BCUT2D eigenvalue weighted by molar-refractivity contribution is 6.01. The van der Waals surface area contributed by atoms with E-state index in [1.54, 1.807) is 0 Å². The largest absolute Gasteiger partial charge is 0.416 e. The van der Waals surface area contributed by atoms with E-state index in [9.17, 15) is 22.4 Å². The van der Waals surface area contributed by atoms with Gasteiger partial charge < -0.3 is 4.90 Å². The van der Waals surface area contributed by atoms with Crippen LogP contribution in [0.3, 0.4) is 0 Å². The second-order valence-corrected chi connectivity index (χ2v) is 5.08. The number of amides is 1. The number of rotatable bonds is 2. The van der Waals surface area contributed by atoms with E-state index in [4.69, 9.17) is 0 Å². The number of anilines is 1. The average Bonchev–Trinajstić information content (AvgIpc) is 2.46. The zero-order valence-electron chi connectivity index (χ0n) is 11.3. The first-order chi connectivity index (χ1) is 10.4. The van der Waals surface area contributed by atoms with E-state index >= 15 is 0 Å². The number of nitrogens with zero attached hydrogens (tertiary/aromatic N) is 1. The minimum atomic E-state index is -4.38. The molecule has 1 amide bonds. The summed E-state index contributed by atoms with van der Waals surface area (Å²) < 4.78 is 50.6. The number of β-lactam (4-membered cyclic amide) rings is 1. The molecule has 0 N–H and O–H groups in total. The van der Waals surface area contributed by atoms with Crippen molar-refractivity contribution in [2.24, 2.45) is 0 Å². The molecule has 0 aliphatic carbocycles. The zero-order chi connectivity index (χ0) is 15.9. The summed E-state index contributed by atoms with van der Waals surface area (Å²) in [4.78, 5) is 13.2. The molecule has 1 aliphatic heterocycles. The summed E-state index contributed by atoms with van der Waals surface area (Å²) in [5.41, 5.74) is 0.426. The summed E-state index contributed by atoms with van der Waals surface area (Å²) >= 11 is 0. The van der Waals surface area contributed by atoms with Crippen LogP contribution in [-0.4, -0.2) is 5.91 Å². The third-order valence-corrected chi connectivity index (χ3v) is 3.68. The maximum Gasteiger partial charge on any atom is 0.416 e. The predicted octanol–water partition coefficient (Wildman–Crippen LogP) is 4.32. The number of halogens is 4. The van der Waals surface area contributed by atoms with Gasteiger partial charge in [0.05, 0.1) is 18.0 Å². The van der Waals surface area contributed by atoms with Crippen molar-refractivity contribution in [2.45, 2.75) is 18.6 Å². The Morgan fingerprint density at radius 2 is 1.55 bits per heavy atom. The number of hydrogen-bond donors (Lipinski definition) is 0. The smallest absolute Gasteiger partial charge is 0.304 e. The first-order valence-corrected chi connectivity index (χ1v) is 6.61. The molecule has 1 aliphatic rings. The van der Waals surface area contributed by atoms with Crippen LogP contribution in [0, 0.1) is 5.82 Å². The third-order valence-electron chi connectivity index (χ3n) is 3.68. The lowest BCUT2D eigenvalue weighted by atomic mass is 9.92. The Hall–Kier alpha value is -2.37. The van der Waals surface area contributed by atoms with Gasteiger partial charge in [-0.05, 0) is 42.0 Å². The van der Waals surface area contributed by atoms with Crippen LogP contribution < -0.4 is 4.90 Å². The monoisotopic (exact) mass is 309 g/mol. The van der Waals surface area contributed by atoms with Crippen LogP contribution in [0.25, 0.3) is 0 Å². The fraction of sp³-hybridized carbons (Fsp3) is 0.188. The first kappa shape index (κ1) is 14.6. The molecule has 3 rings (SSSR count). The quantitative estimate of drug-likeness (QED) is 0.597. The minimum absolute atomic E-state index is 0.142. The van der Waals surface area contributed by atoms with Crippen LogP contribution in [0.4, 0.5) is 23.2 Å². The van der Waals surface area contributed by atoms with Gasteiger partial charge in [-0.1, -0.05) is 12.1 Å². The maximum absolute atomic E-state index is 12.9. The lowest BCUT2D eigenvalue weighted by Gasteiger charge is -2.40. The van der Waals surface area contributed by atoms with Gasteiger partial charge >= 0.3 is 6.18 Å². The van der Waals surface area contributed by atoms with E-state index < -0.39 is 17.6 Å². The standard InChI is InChI=1S/C16H11F4NO/c17-12-5-7-13(8-6-12)21-14(9-15(21)22)10-1-3-11(4-2-10)16(18,19)20/h1-8,14H,9H2. The average molecular weight is 309 g/mol. The lowest BCUT2D eigenvalue weighted by molar-refractivity contribution is -0.137. The highest BCUT2D eigenvalue weighted by atomic mass is 19.4. The number of hydrogen-bond acceptors (Lipinski definition) is 1. The van der Waals surface area contributed by atoms with Gasteiger partial charge in [-0.2, -0.15) is 13.2 Å². The lowest BCUT2D eigenvalue weighted by Crippen LogP contribution is -2.46. The molecule has 2 aromatic carbocycles. The van der Waals surface area contributed by atoms with Crippen LogP contribution >= 0.6 is 0 Å². The molecule has 2 nitrogen and oxygen atoms in total. The Balaban J connectivity index is 1.85. The third kappa shape index (κ3) is 2.56. The van der Waals surface area contributed by atoms with Gasteiger partial charge in [0.1, 0.15) is 5.82 Å². The normalized spacial score (nSPS) is 18.3. The van der Waals surface area contributed by atoms with Crippen molar-refractivity contribution in [3.8, 4) is 0 Å². The van der Waals surface area contributed by atoms with Gasteiger partial charge in [-0.15, -0.1) is 0 Å². The molecule has 1 fully saturated rings. The molecule has 2 aromatic rings. The molecule has 0 saturated carbocycles. The number of benzene rings is 2. The fourth-order valence-corrected chi connectivity index (χ4v) is 2.50. The van der Waals surface area contributed by atoms with Gasteiger partial charge in [-0.25, -0.2) is 4.39 Å². The molecule has 1 atom stereocenters. The molecule has 0 spiro atoms. The Morgan fingerprint density at radius 1 is 0.955 bits per heavy atom. The van der Waals surface area contributed by atoms with Crippen LogP contribution in [0.5, 0.6) is 0 Å². The van der Waals surface area contributed by atoms with Crippen LogP contribution in [-0.2, 0) is 11.0 Å². The van der Waals surface area contributed by atoms with Crippen molar-refractivity contribution < 1.29 is 22.4 Å². The van der Waals surface area contributed by atoms with Gasteiger partial charge in [0.25, 0.3) is 0 Å². The zero-order valence-corrected chi connectivity index (χ0v) is 11.3. The van der Waals surface area contributed by atoms with E-state index in [1.165, 1.54) is 41.3 Å². The summed E-state index contributed by atoms with van der Waals surface area (Å²) in [5, 5.41) is 0. The van der Waals surface area contributed by atoms with Gasteiger partial charge in [0, 0.05) is 5.69 Å². The molecule has 0 bridgehead atoms. The summed E-state index contributed by atoms with van der Waals surface area (Å²) in [6.07, 6.45) is -4.16. The molecular formula is C16H11F4NO. The molecule has 114 valence electrons. The number of alkyl halides is 3. The fourth-order valence-electron chi connectivity index (χ4n) is 2.50. The summed E-state index contributed by atoms with van der Waals surface area (Å²) in [6.45, 7) is 0. The maximum atomic E-state index is 12.9. The Morgan fingerprint density at radius 3 is 2.05 bits per heavy atom. The van der Waals surface area contributed by atoms with E-state index in [2.05, 4.69) is 0 Å². The Labute approximate surface area is 124 Å².